The van der Waals surface area contributed by atoms with Crippen LogP contribution in [-0.2, 0) is 6.42 Å². The topological polar surface area (TPSA) is 55.1 Å². The highest BCUT2D eigenvalue weighted by molar-refractivity contribution is 9.10. The lowest BCUT2D eigenvalue weighted by Gasteiger charge is -2.03. The van der Waals surface area contributed by atoms with Gasteiger partial charge in [-0.3, -0.25) is 4.79 Å². The molecule has 0 bridgehead atoms. The van der Waals surface area contributed by atoms with Crippen molar-refractivity contribution < 1.29 is 4.79 Å². The molecule has 2 aromatic heterocycles. The number of amides is 1. The zero-order valence-corrected chi connectivity index (χ0v) is 14.3. The van der Waals surface area contributed by atoms with Crippen molar-refractivity contribution in [3.8, 4) is 0 Å². The molecule has 0 atom stereocenters. The molecule has 3 aromatic rings. The predicted molar refractivity (Wildman–Crippen MR) is 94.3 cm³/mol. The van der Waals surface area contributed by atoms with Crippen LogP contribution in [-0.4, -0.2) is 12.5 Å². The smallest absolute Gasteiger partial charge is 0.263 e. The van der Waals surface area contributed by atoms with Crippen molar-refractivity contribution in [3.05, 3.63) is 49.9 Å². The molecule has 6 heteroatoms. The van der Waals surface area contributed by atoms with E-state index in [4.69, 9.17) is 5.73 Å². The van der Waals surface area contributed by atoms with E-state index in [0.29, 0.717) is 17.1 Å². The van der Waals surface area contributed by atoms with Gasteiger partial charge in [0.15, 0.2) is 0 Å². The Morgan fingerprint density at radius 1 is 1.33 bits per heavy atom. The first-order valence-corrected chi connectivity index (χ1v) is 8.97. The summed E-state index contributed by atoms with van der Waals surface area (Å²) < 4.78 is 2.01. The summed E-state index contributed by atoms with van der Waals surface area (Å²) in [6.07, 6.45) is 0.839. The average molecular weight is 381 g/mol. The molecule has 0 aliphatic carbocycles. The van der Waals surface area contributed by atoms with Gasteiger partial charge in [0.1, 0.15) is 4.88 Å². The fourth-order valence-electron chi connectivity index (χ4n) is 2.09. The standard InChI is InChI=1S/C15H13BrN2OS2/c16-10-1-2-11-12(7-10)21-14(13(11)17)15(19)18-5-3-9-4-6-20-8-9/h1-2,4,6-8H,3,5,17H2,(H,18,19). The fraction of sp³-hybridized carbons (Fsp3) is 0.133. The molecule has 2 heterocycles. The molecule has 0 aliphatic rings. The quantitative estimate of drug-likeness (QED) is 0.709. The van der Waals surface area contributed by atoms with E-state index in [0.717, 1.165) is 21.0 Å². The Bertz CT molecular complexity index is 780. The van der Waals surface area contributed by atoms with Gasteiger partial charge < -0.3 is 11.1 Å². The Balaban J connectivity index is 1.73. The van der Waals surface area contributed by atoms with E-state index in [9.17, 15) is 4.79 Å². The molecule has 0 spiro atoms. The molecule has 0 aliphatic heterocycles. The second kappa shape index (κ2) is 6.17. The van der Waals surface area contributed by atoms with Crippen molar-refractivity contribution in [1.29, 1.82) is 0 Å². The van der Waals surface area contributed by atoms with E-state index in [2.05, 4.69) is 32.7 Å². The Morgan fingerprint density at radius 2 is 2.19 bits per heavy atom. The molecule has 3 N–H and O–H groups in total. The van der Waals surface area contributed by atoms with Crippen LogP contribution in [0.1, 0.15) is 15.2 Å². The number of anilines is 1. The molecule has 1 aromatic carbocycles. The maximum Gasteiger partial charge on any atom is 0.263 e. The van der Waals surface area contributed by atoms with Crippen molar-refractivity contribution in [2.45, 2.75) is 6.42 Å². The van der Waals surface area contributed by atoms with Crippen molar-refractivity contribution in [3.63, 3.8) is 0 Å². The van der Waals surface area contributed by atoms with Crippen molar-refractivity contribution in [1.82, 2.24) is 5.32 Å². The Labute approximate surface area is 138 Å². The molecule has 0 radical (unpaired) electrons. The number of carbonyl (C=O) groups is 1. The van der Waals surface area contributed by atoms with Crippen LogP contribution in [0, 0.1) is 0 Å². The number of thiophene rings is 2. The molecule has 108 valence electrons. The minimum atomic E-state index is -0.0972. The molecule has 0 saturated heterocycles. The van der Waals surface area contributed by atoms with Crippen molar-refractivity contribution in [2.24, 2.45) is 0 Å². The van der Waals surface area contributed by atoms with E-state index >= 15 is 0 Å². The van der Waals surface area contributed by atoms with Crippen molar-refractivity contribution >= 4 is 60.3 Å². The van der Waals surface area contributed by atoms with Gasteiger partial charge in [-0.2, -0.15) is 11.3 Å². The number of hydrogen-bond acceptors (Lipinski definition) is 4. The maximum atomic E-state index is 12.3. The van der Waals surface area contributed by atoms with Crippen LogP contribution >= 0.6 is 38.6 Å². The second-order valence-corrected chi connectivity index (χ2v) is 7.37. The van der Waals surface area contributed by atoms with Crippen LogP contribution in [0.4, 0.5) is 5.69 Å². The number of rotatable bonds is 4. The summed E-state index contributed by atoms with van der Waals surface area (Å²) in [6.45, 7) is 0.618. The summed E-state index contributed by atoms with van der Waals surface area (Å²) >= 11 is 6.53. The second-order valence-electron chi connectivity index (χ2n) is 4.62. The van der Waals surface area contributed by atoms with Gasteiger partial charge in [-0.25, -0.2) is 0 Å². The van der Waals surface area contributed by atoms with Gasteiger partial charge in [-0.15, -0.1) is 11.3 Å². The van der Waals surface area contributed by atoms with Gasteiger partial charge in [-0.1, -0.05) is 22.0 Å². The molecular weight excluding hydrogens is 368 g/mol. The number of carbonyl (C=O) groups excluding carboxylic acids is 1. The monoisotopic (exact) mass is 380 g/mol. The zero-order valence-electron chi connectivity index (χ0n) is 11.1. The van der Waals surface area contributed by atoms with E-state index in [1.165, 1.54) is 16.9 Å². The van der Waals surface area contributed by atoms with Gasteiger partial charge in [0.05, 0.1) is 5.69 Å². The van der Waals surface area contributed by atoms with Crippen LogP contribution < -0.4 is 11.1 Å². The summed E-state index contributed by atoms with van der Waals surface area (Å²) in [6, 6.07) is 7.93. The number of nitrogen functional groups attached to an aromatic ring is 1. The van der Waals surface area contributed by atoms with Crippen LogP contribution in [0.5, 0.6) is 0 Å². The van der Waals surface area contributed by atoms with Crippen LogP contribution in [0.3, 0.4) is 0 Å². The third kappa shape index (κ3) is 3.12. The lowest BCUT2D eigenvalue weighted by molar-refractivity contribution is 0.0959. The lowest BCUT2D eigenvalue weighted by Crippen LogP contribution is -2.25. The van der Waals surface area contributed by atoms with Gasteiger partial charge in [0.25, 0.3) is 5.91 Å². The van der Waals surface area contributed by atoms with Crippen molar-refractivity contribution in [2.75, 3.05) is 12.3 Å². The molecule has 1 amide bonds. The molecule has 3 rings (SSSR count). The number of fused-ring (bicyclic) bond motifs is 1. The SMILES string of the molecule is Nc1c(C(=O)NCCc2ccsc2)sc2cc(Br)ccc12. The van der Waals surface area contributed by atoms with E-state index in [1.54, 1.807) is 11.3 Å². The predicted octanol–water partition coefficient (Wildman–Crippen LogP) is 4.28. The zero-order chi connectivity index (χ0) is 14.8. The summed E-state index contributed by atoms with van der Waals surface area (Å²) in [5.74, 6) is -0.0972. The number of nitrogens with two attached hydrogens (primary N) is 1. The molecule has 3 nitrogen and oxygen atoms in total. The summed E-state index contributed by atoms with van der Waals surface area (Å²) in [4.78, 5) is 12.8. The lowest BCUT2D eigenvalue weighted by atomic mass is 10.2. The fourth-order valence-corrected chi connectivity index (χ4v) is 4.39. The molecule has 0 saturated carbocycles. The number of benzene rings is 1. The van der Waals surface area contributed by atoms with E-state index in [-0.39, 0.29) is 5.91 Å². The number of nitrogens with one attached hydrogen (secondary N) is 1. The summed E-state index contributed by atoms with van der Waals surface area (Å²) in [7, 11) is 0. The molecular formula is C15H13BrN2OS2. The molecule has 0 fully saturated rings. The van der Waals surface area contributed by atoms with E-state index in [1.807, 2.05) is 23.6 Å². The highest BCUT2D eigenvalue weighted by Crippen LogP contribution is 2.35. The Hall–Kier alpha value is -1.37. The minimum Gasteiger partial charge on any atom is -0.397 e. The Kier molecular flexibility index (Phi) is 4.28. The Morgan fingerprint density at radius 3 is 2.95 bits per heavy atom. The summed E-state index contributed by atoms with van der Waals surface area (Å²) in [5, 5.41) is 8.01. The van der Waals surface area contributed by atoms with Crippen LogP contribution in [0.15, 0.2) is 39.5 Å². The average Bonchev–Trinajstić information content (AvgIpc) is 3.07. The highest BCUT2D eigenvalue weighted by Gasteiger charge is 2.16. The largest absolute Gasteiger partial charge is 0.397 e. The van der Waals surface area contributed by atoms with Gasteiger partial charge in [-0.05, 0) is 40.9 Å². The molecule has 21 heavy (non-hydrogen) atoms. The third-order valence-electron chi connectivity index (χ3n) is 3.18. The minimum absolute atomic E-state index is 0.0972. The van der Waals surface area contributed by atoms with E-state index < -0.39 is 0 Å². The maximum absolute atomic E-state index is 12.3. The third-order valence-corrected chi connectivity index (χ3v) is 5.57. The van der Waals surface area contributed by atoms with Gasteiger partial charge >= 0.3 is 0 Å². The first-order chi connectivity index (χ1) is 10.1. The molecule has 0 unspecified atom stereocenters. The first kappa shape index (κ1) is 14.6. The number of hydrogen-bond donors (Lipinski definition) is 2. The highest BCUT2D eigenvalue weighted by atomic mass is 79.9. The van der Waals surface area contributed by atoms with Gasteiger partial charge in [0.2, 0.25) is 0 Å². The first-order valence-electron chi connectivity index (χ1n) is 6.42. The summed E-state index contributed by atoms with van der Waals surface area (Å²) in [5.41, 5.74) is 7.90. The van der Waals surface area contributed by atoms with Gasteiger partial charge in [0, 0.05) is 21.1 Å². The van der Waals surface area contributed by atoms with Crippen LogP contribution in [0.2, 0.25) is 0 Å². The number of halogens is 1. The normalized spacial score (nSPS) is 10.9. The van der Waals surface area contributed by atoms with Crippen LogP contribution in [0.25, 0.3) is 10.1 Å².